The second-order valence-corrected chi connectivity index (χ2v) is 6.64. The third-order valence-corrected chi connectivity index (χ3v) is 3.58. The molecule has 0 saturated carbocycles. The topological polar surface area (TPSA) is 3.24 Å². The van der Waals surface area contributed by atoms with Crippen LogP contribution in [0.25, 0.3) is 0 Å². The zero-order valence-corrected chi connectivity index (χ0v) is 14.8. The first-order chi connectivity index (χ1) is 11.2. The molecule has 0 amide bonds. The van der Waals surface area contributed by atoms with Gasteiger partial charge in [0.15, 0.2) is 0 Å². The Bertz CT molecular complexity index is 591. The van der Waals surface area contributed by atoms with E-state index in [9.17, 15) is 13.2 Å². The molecule has 0 radical (unpaired) electrons. The normalized spacial score (nSPS) is 13.1. The van der Waals surface area contributed by atoms with Crippen molar-refractivity contribution < 1.29 is 13.2 Å². The van der Waals surface area contributed by atoms with Crippen molar-refractivity contribution in [3.8, 4) is 11.8 Å². The SMILES string of the molecule is C=CCN(CC(C)C)C(C#Cc1ccccc1C(F)(F)F)C(C)C. The Hall–Kier alpha value is -1.73. The first-order valence-electron chi connectivity index (χ1n) is 8.19. The first kappa shape index (κ1) is 20.3. The molecule has 1 unspecified atom stereocenters. The summed E-state index contributed by atoms with van der Waals surface area (Å²) in [4.78, 5) is 2.17. The maximum atomic E-state index is 13.1. The lowest BCUT2D eigenvalue weighted by molar-refractivity contribution is -0.137. The third kappa shape index (κ3) is 6.05. The molecular weight excluding hydrogens is 311 g/mol. The van der Waals surface area contributed by atoms with Crippen molar-refractivity contribution in [1.82, 2.24) is 4.90 Å². The standard InChI is InChI=1S/C20H26F3N/c1-6-13-24(14-15(2)3)19(16(4)5)12-11-17-9-7-8-10-18(17)20(21,22)23/h6-10,15-16,19H,1,13-14H2,2-5H3. The van der Waals surface area contributed by atoms with E-state index < -0.39 is 11.7 Å². The highest BCUT2D eigenvalue weighted by molar-refractivity contribution is 5.43. The highest BCUT2D eigenvalue weighted by atomic mass is 19.4. The summed E-state index contributed by atoms with van der Waals surface area (Å²) in [5.41, 5.74) is -0.655. The molecule has 0 heterocycles. The van der Waals surface area contributed by atoms with Gasteiger partial charge >= 0.3 is 6.18 Å². The first-order valence-corrected chi connectivity index (χ1v) is 8.19. The molecule has 0 aliphatic rings. The van der Waals surface area contributed by atoms with Gasteiger partial charge in [-0.1, -0.05) is 57.7 Å². The van der Waals surface area contributed by atoms with Crippen LogP contribution in [-0.4, -0.2) is 24.0 Å². The minimum atomic E-state index is -4.39. The average molecular weight is 337 g/mol. The van der Waals surface area contributed by atoms with Gasteiger partial charge in [-0.3, -0.25) is 4.90 Å². The van der Waals surface area contributed by atoms with Gasteiger partial charge in [-0.05, 0) is 24.0 Å². The minimum absolute atomic E-state index is 0.0266. The Kier molecular flexibility index (Phi) is 7.57. The Morgan fingerprint density at radius 1 is 1.17 bits per heavy atom. The van der Waals surface area contributed by atoms with Gasteiger partial charge in [-0.15, -0.1) is 6.58 Å². The molecule has 1 rings (SSSR count). The van der Waals surface area contributed by atoms with Crippen molar-refractivity contribution >= 4 is 0 Å². The summed E-state index contributed by atoms with van der Waals surface area (Å²) in [5.74, 6) is 6.48. The average Bonchev–Trinajstić information content (AvgIpc) is 2.46. The highest BCUT2D eigenvalue weighted by Gasteiger charge is 2.32. The summed E-state index contributed by atoms with van der Waals surface area (Å²) < 4.78 is 39.3. The number of alkyl halides is 3. The lowest BCUT2D eigenvalue weighted by Gasteiger charge is -2.31. The molecule has 0 aromatic heterocycles. The van der Waals surface area contributed by atoms with Crippen molar-refractivity contribution in [2.24, 2.45) is 11.8 Å². The number of hydrogen-bond donors (Lipinski definition) is 0. The maximum Gasteiger partial charge on any atom is 0.417 e. The molecule has 0 N–H and O–H groups in total. The fourth-order valence-corrected chi connectivity index (χ4v) is 2.61. The highest BCUT2D eigenvalue weighted by Crippen LogP contribution is 2.31. The summed E-state index contributed by atoms with van der Waals surface area (Å²) in [6.45, 7) is 13.6. The van der Waals surface area contributed by atoms with E-state index in [2.05, 4.69) is 37.2 Å². The fraction of sp³-hybridized carbons (Fsp3) is 0.500. The molecule has 0 saturated heterocycles. The van der Waals surface area contributed by atoms with E-state index in [0.29, 0.717) is 12.5 Å². The van der Waals surface area contributed by atoms with Crippen LogP contribution in [0.5, 0.6) is 0 Å². The Balaban J connectivity index is 3.19. The summed E-state index contributed by atoms with van der Waals surface area (Å²) in [6, 6.07) is 5.35. The number of nitrogens with zero attached hydrogens (tertiary/aromatic N) is 1. The zero-order chi connectivity index (χ0) is 18.3. The van der Waals surface area contributed by atoms with E-state index >= 15 is 0 Å². The largest absolute Gasteiger partial charge is 0.417 e. The molecule has 132 valence electrons. The van der Waals surface area contributed by atoms with Crippen molar-refractivity contribution in [2.75, 3.05) is 13.1 Å². The maximum absolute atomic E-state index is 13.1. The van der Waals surface area contributed by atoms with Crippen LogP contribution in [0.4, 0.5) is 13.2 Å². The molecule has 1 aromatic carbocycles. The van der Waals surface area contributed by atoms with E-state index in [0.717, 1.165) is 12.6 Å². The van der Waals surface area contributed by atoms with E-state index in [1.54, 1.807) is 6.07 Å². The van der Waals surface area contributed by atoms with Crippen LogP contribution in [0, 0.1) is 23.7 Å². The van der Waals surface area contributed by atoms with Crippen molar-refractivity contribution in [3.05, 3.63) is 48.0 Å². The quantitative estimate of drug-likeness (QED) is 0.508. The van der Waals surface area contributed by atoms with E-state index in [4.69, 9.17) is 0 Å². The van der Waals surface area contributed by atoms with Crippen molar-refractivity contribution in [2.45, 2.75) is 39.9 Å². The molecular formula is C20H26F3N. The second kappa shape index (κ2) is 8.94. The molecule has 1 atom stereocenters. The molecule has 0 aliphatic heterocycles. The summed E-state index contributed by atoms with van der Waals surface area (Å²) in [5, 5.41) is 0. The van der Waals surface area contributed by atoms with Crippen LogP contribution >= 0.6 is 0 Å². The number of benzene rings is 1. The summed E-state index contributed by atoms with van der Waals surface area (Å²) in [6.07, 6.45) is -2.58. The van der Waals surface area contributed by atoms with Gasteiger partial charge in [0, 0.05) is 18.7 Å². The van der Waals surface area contributed by atoms with E-state index in [1.165, 1.54) is 12.1 Å². The van der Waals surface area contributed by atoms with Gasteiger partial charge in [-0.25, -0.2) is 0 Å². The number of rotatable bonds is 6. The smallest absolute Gasteiger partial charge is 0.286 e. The van der Waals surface area contributed by atoms with Crippen LogP contribution in [-0.2, 0) is 6.18 Å². The molecule has 0 fully saturated rings. The van der Waals surface area contributed by atoms with Crippen molar-refractivity contribution in [1.29, 1.82) is 0 Å². The van der Waals surface area contributed by atoms with Crippen LogP contribution < -0.4 is 0 Å². The van der Waals surface area contributed by atoms with Gasteiger partial charge in [0.25, 0.3) is 0 Å². The molecule has 24 heavy (non-hydrogen) atoms. The summed E-state index contributed by atoms with van der Waals surface area (Å²) >= 11 is 0. The predicted molar refractivity (Wildman–Crippen MR) is 93.6 cm³/mol. The van der Waals surface area contributed by atoms with Crippen LogP contribution in [0.2, 0.25) is 0 Å². The molecule has 4 heteroatoms. The van der Waals surface area contributed by atoms with Crippen LogP contribution in [0.1, 0.15) is 38.8 Å². The van der Waals surface area contributed by atoms with Gasteiger partial charge in [-0.2, -0.15) is 13.2 Å². The zero-order valence-electron chi connectivity index (χ0n) is 14.8. The lowest BCUT2D eigenvalue weighted by atomic mass is 10.00. The number of halogens is 3. The third-order valence-electron chi connectivity index (χ3n) is 3.58. The van der Waals surface area contributed by atoms with Gasteiger partial charge in [0.05, 0.1) is 11.6 Å². The van der Waals surface area contributed by atoms with Crippen LogP contribution in [0.3, 0.4) is 0 Å². The van der Waals surface area contributed by atoms with Crippen LogP contribution in [0.15, 0.2) is 36.9 Å². The van der Waals surface area contributed by atoms with E-state index in [1.807, 2.05) is 19.9 Å². The Morgan fingerprint density at radius 3 is 2.29 bits per heavy atom. The van der Waals surface area contributed by atoms with E-state index in [-0.39, 0.29) is 17.5 Å². The molecule has 1 aromatic rings. The minimum Gasteiger partial charge on any atom is -0.286 e. The Labute approximate surface area is 143 Å². The number of hydrogen-bond acceptors (Lipinski definition) is 1. The molecule has 1 nitrogen and oxygen atoms in total. The molecule has 0 spiro atoms. The fourth-order valence-electron chi connectivity index (χ4n) is 2.61. The lowest BCUT2D eigenvalue weighted by Crippen LogP contribution is -2.40. The molecule has 0 bridgehead atoms. The molecule has 0 aliphatic carbocycles. The van der Waals surface area contributed by atoms with Gasteiger partial charge in [0.1, 0.15) is 0 Å². The second-order valence-electron chi connectivity index (χ2n) is 6.64. The van der Waals surface area contributed by atoms with Crippen molar-refractivity contribution in [3.63, 3.8) is 0 Å². The Morgan fingerprint density at radius 2 is 1.79 bits per heavy atom. The van der Waals surface area contributed by atoms with Gasteiger partial charge < -0.3 is 0 Å². The van der Waals surface area contributed by atoms with Gasteiger partial charge in [0.2, 0.25) is 0 Å². The summed E-state index contributed by atoms with van der Waals surface area (Å²) in [7, 11) is 0. The monoisotopic (exact) mass is 337 g/mol. The predicted octanol–water partition coefficient (Wildman–Crippen LogP) is 5.23.